The summed E-state index contributed by atoms with van der Waals surface area (Å²) in [5.74, 6) is -3.32. The van der Waals surface area contributed by atoms with Crippen molar-refractivity contribution >= 4 is 23.4 Å². The van der Waals surface area contributed by atoms with Gasteiger partial charge in [0.05, 0.1) is 13.0 Å². The van der Waals surface area contributed by atoms with E-state index >= 15 is 0 Å². The molecule has 2 rings (SSSR count). The first-order chi connectivity index (χ1) is 13.7. The van der Waals surface area contributed by atoms with Crippen LogP contribution in [0.5, 0.6) is 0 Å². The van der Waals surface area contributed by atoms with Gasteiger partial charge in [0.15, 0.2) is 0 Å². The number of anilines is 1. The van der Waals surface area contributed by atoms with Crippen LogP contribution in [0.3, 0.4) is 0 Å². The molecular weight excluding hydrogens is 380 g/mol. The smallest absolute Gasteiger partial charge is 0.243 e. The van der Waals surface area contributed by atoms with Crippen molar-refractivity contribution in [1.29, 1.82) is 0 Å². The van der Waals surface area contributed by atoms with Gasteiger partial charge in [-0.15, -0.1) is 0 Å². The summed E-state index contributed by atoms with van der Waals surface area (Å²) >= 11 is 0. The van der Waals surface area contributed by atoms with Gasteiger partial charge in [0.2, 0.25) is 17.7 Å². The minimum absolute atomic E-state index is 0.158. The molecule has 3 amide bonds. The van der Waals surface area contributed by atoms with Gasteiger partial charge in [0, 0.05) is 11.8 Å². The molecule has 0 aliphatic carbocycles. The Morgan fingerprint density at radius 2 is 1.55 bits per heavy atom. The molecule has 0 aliphatic rings. The van der Waals surface area contributed by atoms with Gasteiger partial charge in [-0.2, -0.15) is 0 Å². The molecule has 0 unspecified atom stereocenters. The molecule has 2 aromatic carbocycles. The predicted molar refractivity (Wildman–Crippen MR) is 105 cm³/mol. The van der Waals surface area contributed by atoms with Crippen LogP contribution in [0.2, 0.25) is 0 Å². The summed E-state index contributed by atoms with van der Waals surface area (Å²) in [7, 11) is 0. The molecule has 29 heavy (non-hydrogen) atoms. The van der Waals surface area contributed by atoms with Crippen LogP contribution in [-0.4, -0.2) is 30.3 Å². The fraction of sp³-hybridized carbons (Fsp3) is 0.286. The van der Waals surface area contributed by atoms with E-state index in [1.807, 2.05) is 6.07 Å². The van der Waals surface area contributed by atoms with Crippen molar-refractivity contribution in [3.8, 4) is 0 Å². The van der Waals surface area contributed by atoms with Gasteiger partial charge in [-0.25, -0.2) is 8.78 Å². The third-order valence-corrected chi connectivity index (χ3v) is 4.03. The van der Waals surface area contributed by atoms with Crippen LogP contribution in [0.1, 0.15) is 19.4 Å². The van der Waals surface area contributed by atoms with Crippen molar-refractivity contribution in [1.82, 2.24) is 10.6 Å². The molecule has 8 heteroatoms. The van der Waals surface area contributed by atoms with E-state index < -0.39 is 35.4 Å². The topological polar surface area (TPSA) is 87.3 Å². The molecule has 0 spiro atoms. The second-order valence-electron chi connectivity index (χ2n) is 6.88. The largest absolute Gasteiger partial charge is 0.345 e. The van der Waals surface area contributed by atoms with Crippen molar-refractivity contribution in [2.45, 2.75) is 26.3 Å². The molecule has 0 aliphatic heterocycles. The highest BCUT2D eigenvalue weighted by atomic mass is 19.1. The number of para-hydroxylation sites is 1. The zero-order chi connectivity index (χ0) is 21.4. The normalized spacial score (nSPS) is 11.6. The summed E-state index contributed by atoms with van der Waals surface area (Å²) in [5, 5.41) is 7.67. The van der Waals surface area contributed by atoms with Gasteiger partial charge in [-0.3, -0.25) is 14.4 Å². The fourth-order valence-corrected chi connectivity index (χ4v) is 2.66. The first kappa shape index (κ1) is 22.0. The number of hydrogen-bond donors (Lipinski definition) is 3. The highest BCUT2D eigenvalue weighted by molar-refractivity contribution is 5.96. The molecule has 0 fully saturated rings. The Morgan fingerprint density at radius 3 is 2.14 bits per heavy atom. The predicted octanol–water partition coefficient (Wildman–Crippen LogP) is 2.40. The molecular formula is C21H23F2N3O3. The van der Waals surface area contributed by atoms with Crippen LogP contribution >= 0.6 is 0 Å². The molecule has 2 aromatic rings. The van der Waals surface area contributed by atoms with Crippen molar-refractivity contribution in [3.05, 3.63) is 65.7 Å². The average Bonchev–Trinajstić information content (AvgIpc) is 2.64. The maximum Gasteiger partial charge on any atom is 0.243 e. The number of amides is 3. The lowest BCUT2D eigenvalue weighted by Gasteiger charge is -2.21. The monoisotopic (exact) mass is 403 g/mol. The van der Waals surface area contributed by atoms with Gasteiger partial charge in [-0.1, -0.05) is 32.0 Å². The van der Waals surface area contributed by atoms with Gasteiger partial charge in [0.25, 0.3) is 0 Å². The van der Waals surface area contributed by atoms with E-state index in [9.17, 15) is 23.2 Å². The lowest BCUT2D eigenvalue weighted by Crippen LogP contribution is -2.51. The molecule has 0 aromatic heterocycles. The Hall–Kier alpha value is -3.29. The standard InChI is InChI=1S/C21H23F2N3O3/c1-13(2)20(26-18(27)10-14-8-15(22)11-16(23)9-14)21(29)24-12-19(28)25-17-6-4-3-5-7-17/h3-9,11,13,20H,10,12H2,1-2H3,(H,24,29)(H,25,28)(H,26,27)/t20-/m0/s1. The van der Waals surface area contributed by atoms with E-state index in [0.717, 1.165) is 12.1 Å². The zero-order valence-corrected chi connectivity index (χ0v) is 16.2. The van der Waals surface area contributed by atoms with E-state index in [2.05, 4.69) is 16.0 Å². The van der Waals surface area contributed by atoms with Gasteiger partial charge >= 0.3 is 0 Å². The summed E-state index contributed by atoms with van der Waals surface area (Å²) < 4.78 is 26.5. The SMILES string of the molecule is CC(C)[C@H](NC(=O)Cc1cc(F)cc(F)c1)C(=O)NCC(=O)Nc1ccccc1. The molecule has 3 N–H and O–H groups in total. The van der Waals surface area contributed by atoms with Crippen molar-refractivity contribution < 1.29 is 23.2 Å². The number of nitrogens with one attached hydrogen (secondary N) is 3. The Kier molecular flexibility index (Phi) is 7.82. The molecule has 0 radical (unpaired) electrons. The molecule has 0 heterocycles. The number of rotatable bonds is 8. The Morgan fingerprint density at radius 1 is 0.931 bits per heavy atom. The number of carbonyl (C=O) groups is 3. The summed E-state index contributed by atoms with van der Waals surface area (Å²) in [6.07, 6.45) is -0.278. The number of halogens is 2. The van der Waals surface area contributed by atoms with Crippen molar-refractivity contribution in [3.63, 3.8) is 0 Å². The second-order valence-corrected chi connectivity index (χ2v) is 6.88. The summed E-state index contributed by atoms with van der Waals surface area (Å²) in [6.45, 7) is 3.20. The van der Waals surface area contributed by atoms with Crippen LogP contribution in [0.25, 0.3) is 0 Å². The molecule has 0 saturated carbocycles. The Balaban J connectivity index is 1.89. The van der Waals surface area contributed by atoms with Crippen LogP contribution in [-0.2, 0) is 20.8 Å². The highest BCUT2D eigenvalue weighted by Gasteiger charge is 2.24. The maximum atomic E-state index is 13.3. The average molecular weight is 403 g/mol. The maximum absolute atomic E-state index is 13.3. The minimum atomic E-state index is -0.898. The number of benzene rings is 2. The lowest BCUT2D eigenvalue weighted by atomic mass is 10.0. The first-order valence-electron chi connectivity index (χ1n) is 9.11. The van der Waals surface area contributed by atoms with E-state index in [1.54, 1.807) is 38.1 Å². The highest BCUT2D eigenvalue weighted by Crippen LogP contribution is 2.10. The summed E-state index contributed by atoms with van der Waals surface area (Å²) in [6, 6.07) is 10.7. The van der Waals surface area contributed by atoms with Crippen molar-refractivity contribution in [2.75, 3.05) is 11.9 Å². The first-order valence-corrected chi connectivity index (χ1v) is 9.11. The van der Waals surface area contributed by atoms with Crippen LogP contribution in [0.4, 0.5) is 14.5 Å². The lowest BCUT2D eigenvalue weighted by molar-refractivity contribution is -0.130. The summed E-state index contributed by atoms with van der Waals surface area (Å²) in [4.78, 5) is 36.6. The molecule has 154 valence electrons. The van der Waals surface area contributed by atoms with E-state index in [-0.39, 0.29) is 24.4 Å². The van der Waals surface area contributed by atoms with E-state index in [1.165, 1.54) is 0 Å². The van der Waals surface area contributed by atoms with Crippen LogP contribution in [0.15, 0.2) is 48.5 Å². The quantitative estimate of drug-likeness (QED) is 0.633. The van der Waals surface area contributed by atoms with Crippen molar-refractivity contribution in [2.24, 2.45) is 5.92 Å². The third-order valence-electron chi connectivity index (χ3n) is 4.03. The third kappa shape index (κ3) is 7.33. The van der Waals surface area contributed by atoms with E-state index in [4.69, 9.17) is 0 Å². The number of carbonyl (C=O) groups excluding carboxylic acids is 3. The van der Waals surface area contributed by atoms with Crippen LogP contribution < -0.4 is 16.0 Å². The fourth-order valence-electron chi connectivity index (χ4n) is 2.66. The number of hydrogen-bond acceptors (Lipinski definition) is 3. The Labute approximate surface area is 167 Å². The van der Waals surface area contributed by atoms with Gasteiger partial charge in [-0.05, 0) is 35.7 Å². The van der Waals surface area contributed by atoms with Gasteiger partial charge in [0.1, 0.15) is 17.7 Å². The summed E-state index contributed by atoms with van der Waals surface area (Å²) in [5.41, 5.74) is 0.757. The van der Waals surface area contributed by atoms with Crippen LogP contribution in [0, 0.1) is 17.6 Å². The van der Waals surface area contributed by atoms with Gasteiger partial charge < -0.3 is 16.0 Å². The molecule has 1 atom stereocenters. The second kappa shape index (κ2) is 10.3. The molecule has 0 saturated heterocycles. The molecule has 0 bridgehead atoms. The molecule has 6 nitrogen and oxygen atoms in total. The Bertz CT molecular complexity index is 852. The van der Waals surface area contributed by atoms with E-state index in [0.29, 0.717) is 11.8 Å². The zero-order valence-electron chi connectivity index (χ0n) is 16.2. The minimum Gasteiger partial charge on any atom is -0.345 e.